The fourth-order valence-electron chi connectivity index (χ4n) is 2.49. The first-order valence-electron chi connectivity index (χ1n) is 6.03. The molecule has 0 unspecified atom stereocenters. The van der Waals surface area contributed by atoms with Crippen molar-refractivity contribution in [3.63, 3.8) is 0 Å². The highest BCUT2D eigenvalue weighted by Gasteiger charge is 2.42. The van der Waals surface area contributed by atoms with Gasteiger partial charge in [-0.15, -0.1) is 24.8 Å². The zero-order chi connectivity index (χ0) is 12.4. The number of aromatic nitrogens is 1. The first-order chi connectivity index (χ1) is 8.05. The third-order valence-electron chi connectivity index (χ3n) is 3.76. The second-order valence-electron chi connectivity index (χ2n) is 5.06. The summed E-state index contributed by atoms with van der Waals surface area (Å²) in [6.07, 6.45) is 3.34. The van der Waals surface area contributed by atoms with E-state index in [0.717, 1.165) is 5.69 Å². The minimum atomic E-state index is -2.50. The summed E-state index contributed by atoms with van der Waals surface area (Å²) in [5, 5.41) is 0. The van der Waals surface area contributed by atoms with Crippen LogP contribution in [0.15, 0.2) is 24.4 Å². The Bertz CT molecular complexity index is 364. The lowest BCUT2D eigenvalue weighted by atomic mass is 9.70. The molecule has 110 valence electrons. The van der Waals surface area contributed by atoms with Gasteiger partial charge in [0.15, 0.2) is 0 Å². The lowest BCUT2D eigenvalue weighted by Gasteiger charge is -2.39. The van der Waals surface area contributed by atoms with Crippen molar-refractivity contribution in [2.45, 2.75) is 38.0 Å². The number of hydrogen-bond acceptors (Lipinski definition) is 2. The van der Waals surface area contributed by atoms with Gasteiger partial charge in [0.05, 0.1) is 0 Å². The normalized spacial score (nSPS) is 19.9. The van der Waals surface area contributed by atoms with Crippen molar-refractivity contribution in [3.05, 3.63) is 30.1 Å². The summed E-state index contributed by atoms with van der Waals surface area (Å²) in [5.74, 6) is -2.50. The zero-order valence-electron chi connectivity index (χ0n) is 10.6. The molecule has 2 nitrogen and oxygen atoms in total. The molecule has 1 saturated carbocycles. The summed E-state index contributed by atoms with van der Waals surface area (Å²) >= 11 is 0. The molecule has 0 aliphatic heterocycles. The van der Waals surface area contributed by atoms with Gasteiger partial charge in [-0.2, -0.15) is 0 Å². The number of nitrogens with zero attached hydrogens (tertiary/aromatic N) is 1. The summed E-state index contributed by atoms with van der Waals surface area (Å²) in [5.41, 5.74) is 6.56. The van der Waals surface area contributed by atoms with Gasteiger partial charge in [0, 0.05) is 24.7 Å². The van der Waals surface area contributed by atoms with Gasteiger partial charge in [0.1, 0.15) is 0 Å². The van der Waals surface area contributed by atoms with Crippen LogP contribution in [-0.2, 0) is 6.42 Å². The van der Waals surface area contributed by atoms with Crippen molar-refractivity contribution in [3.8, 4) is 0 Å². The molecule has 1 aliphatic rings. The van der Waals surface area contributed by atoms with Crippen molar-refractivity contribution in [1.82, 2.24) is 4.98 Å². The van der Waals surface area contributed by atoms with Crippen LogP contribution in [0.3, 0.4) is 0 Å². The van der Waals surface area contributed by atoms with Crippen LogP contribution in [0.1, 0.15) is 31.4 Å². The molecule has 1 aromatic rings. The highest BCUT2D eigenvalue weighted by atomic mass is 35.5. The lowest BCUT2D eigenvalue weighted by molar-refractivity contribution is -0.0653. The number of pyridine rings is 1. The Morgan fingerprint density at radius 2 is 1.74 bits per heavy atom. The van der Waals surface area contributed by atoms with Crippen molar-refractivity contribution < 1.29 is 8.78 Å². The second-order valence-corrected chi connectivity index (χ2v) is 5.06. The van der Waals surface area contributed by atoms with Crippen LogP contribution in [0.2, 0.25) is 0 Å². The Hall–Kier alpha value is -0.450. The van der Waals surface area contributed by atoms with E-state index in [9.17, 15) is 8.78 Å². The van der Waals surface area contributed by atoms with Crippen molar-refractivity contribution in [1.29, 1.82) is 0 Å². The minimum Gasteiger partial charge on any atom is -0.330 e. The SMILES string of the molecule is Cl.Cl.NCC1(Cc2ccccn2)CCC(F)(F)CC1. The second kappa shape index (κ2) is 7.36. The van der Waals surface area contributed by atoms with E-state index in [0.29, 0.717) is 25.8 Å². The van der Waals surface area contributed by atoms with E-state index < -0.39 is 5.92 Å². The average molecular weight is 313 g/mol. The third-order valence-corrected chi connectivity index (χ3v) is 3.76. The Morgan fingerprint density at radius 3 is 2.21 bits per heavy atom. The van der Waals surface area contributed by atoms with E-state index in [1.54, 1.807) is 6.20 Å². The summed E-state index contributed by atoms with van der Waals surface area (Å²) in [6.45, 7) is 0.458. The Morgan fingerprint density at radius 1 is 1.11 bits per heavy atom. The summed E-state index contributed by atoms with van der Waals surface area (Å²) in [7, 11) is 0. The summed E-state index contributed by atoms with van der Waals surface area (Å²) in [4.78, 5) is 4.26. The number of nitrogens with two attached hydrogens (primary N) is 1. The van der Waals surface area contributed by atoms with Crippen LogP contribution in [0, 0.1) is 5.41 Å². The molecule has 0 bridgehead atoms. The van der Waals surface area contributed by atoms with E-state index in [1.807, 2.05) is 18.2 Å². The first kappa shape index (κ1) is 18.6. The van der Waals surface area contributed by atoms with Crippen molar-refractivity contribution in [2.75, 3.05) is 6.54 Å². The van der Waals surface area contributed by atoms with Gasteiger partial charge in [0.2, 0.25) is 5.92 Å². The monoisotopic (exact) mass is 312 g/mol. The minimum absolute atomic E-state index is 0. The molecular weight excluding hydrogens is 293 g/mol. The molecule has 0 spiro atoms. The number of halogens is 4. The molecule has 1 aromatic heterocycles. The smallest absolute Gasteiger partial charge is 0.248 e. The zero-order valence-corrected chi connectivity index (χ0v) is 12.3. The first-order valence-corrected chi connectivity index (χ1v) is 6.03. The van der Waals surface area contributed by atoms with E-state index in [1.165, 1.54) is 0 Å². The molecule has 0 saturated heterocycles. The van der Waals surface area contributed by atoms with E-state index >= 15 is 0 Å². The Labute approximate surface area is 125 Å². The molecular formula is C13H20Cl2F2N2. The molecule has 1 fully saturated rings. The van der Waals surface area contributed by atoms with Gasteiger partial charge >= 0.3 is 0 Å². The number of hydrogen-bond donors (Lipinski definition) is 1. The third kappa shape index (κ3) is 4.86. The Kier molecular flexibility index (Phi) is 7.19. The van der Waals surface area contributed by atoms with Crippen LogP contribution in [0.5, 0.6) is 0 Å². The molecule has 1 aliphatic carbocycles. The predicted octanol–water partition coefficient (Wildman–Crippen LogP) is 3.62. The quantitative estimate of drug-likeness (QED) is 0.925. The van der Waals surface area contributed by atoms with Gasteiger partial charge in [0.25, 0.3) is 0 Å². The van der Waals surface area contributed by atoms with E-state index in [4.69, 9.17) is 5.73 Å². The molecule has 2 rings (SSSR count). The molecule has 0 amide bonds. The standard InChI is InChI=1S/C13H18F2N2.2ClH/c14-13(15)6-4-12(10-16,5-7-13)9-11-3-1-2-8-17-11;;/h1-3,8H,4-7,9-10,16H2;2*1H. The van der Waals surface area contributed by atoms with Gasteiger partial charge in [-0.05, 0) is 43.4 Å². The van der Waals surface area contributed by atoms with E-state index in [2.05, 4.69) is 4.98 Å². The topological polar surface area (TPSA) is 38.9 Å². The lowest BCUT2D eigenvalue weighted by Crippen LogP contribution is -2.40. The highest BCUT2D eigenvalue weighted by Crippen LogP contribution is 2.44. The van der Waals surface area contributed by atoms with Crippen molar-refractivity contribution >= 4 is 24.8 Å². The molecule has 19 heavy (non-hydrogen) atoms. The molecule has 0 radical (unpaired) electrons. The van der Waals surface area contributed by atoms with Crippen molar-refractivity contribution in [2.24, 2.45) is 11.1 Å². The van der Waals surface area contributed by atoms with Crippen LogP contribution >= 0.6 is 24.8 Å². The highest BCUT2D eigenvalue weighted by molar-refractivity contribution is 5.85. The summed E-state index contributed by atoms with van der Waals surface area (Å²) < 4.78 is 26.3. The van der Waals surface area contributed by atoms with Crippen LogP contribution in [0.25, 0.3) is 0 Å². The molecule has 2 N–H and O–H groups in total. The predicted molar refractivity (Wildman–Crippen MR) is 77.3 cm³/mol. The van der Waals surface area contributed by atoms with Gasteiger partial charge in [-0.1, -0.05) is 6.07 Å². The van der Waals surface area contributed by atoms with Gasteiger partial charge < -0.3 is 5.73 Å². The van der Waals surface area contributed by atoms with Crippen LogP contribution in [0.4, 0.5) is 8.78 Å². The Balaban J connectivity index is 0.00000162. The molecule has 1 heterocycles. The number of alkyl halides is 2. The van der Waals surface area contributed by atoms with E-state index in [-0.39, 0.29) is 43.1 Å². The molecule has 0 aromatic carbocycles. The average Bonchev–Trinajstić information content (AvgIpc) is 2.34. The van der Waals surface area contributed by atoms with Crippen LogP contribution in [-0.4, -0.2) is 17.5 Å². The maximum atomic E-state index is 13.2. The maximum absolute atomic E-state index is 13.2. The maximum Gasteiger partial charge on any atom is 0.248 e. The fourth-order valence-corrected chi connectivity index (χ4v) is 2.49. The number of rotatable bonds is 3. The largest absolute Gasteiger partial charge is 0.330 e. The van der Waals surface area contributed by atoms with Gasteiger partial charge in [-0.3, -0.25) is 4.98 Å². The van der Waals surface area contributed by atoms with Gasteiger partial charge in [-0.25, -0.2) is 8.78 Å². The molecule has 0 atom stereocenters. The van der Waals surface area contributed by atoms with Crippen LogP contribution < -0.4 is 5.73 Å². The molecule has 6 heteroatoms. The summed E-state index contributed by atoms with van der Waals surface area (Å²) in [6, 6.07) is 5.71. The fraction of sp³-hybridized carbons (Fsp3) is 0.615.